The molecule has 0 unspecified atom stereocenters. The lowest BCUT2D eigenvalue weighted by atomic mass is 9.80. The van der Waals surface area contributed by atoms with Crippen LogP contribution >= 0.6 is 0 Å². The number of carbonyl (C=O) groups excluding carboxylic acids is 3. The van der Waals surface area contributed by atoms with Gasteiger partial charge in [0, 0.05) is 25.1 Å². The summed E-state index contributed by atoms with van der Waals surface area (Å²) in [5.74, 6) is -1.94. The van der Waals surface area contributed by atoms with Crippen LogP contribution in [-0.2, 0) is 11.3 Å². The Balaban J connectivity index is 1.29. The third-order valence-corrected chi connectivity index (χ3v) is 6.80. The minimum atomic E-state index is -0.763. The molecule has 1 aliphatic carbocycles. The minimum absolute atomic E-state index is 0.0196. The van der Waals surface area contributed by atoms with E-state index < -0.39 is 23.4 Å². The van der Waals surface area contributed by atoms with Gasteiger partial charge in [-0.2, -0.15) is 5.10 Å². The van der Waals surface area contributed by atoms with E-state index >= 15 is 0 Å². The van der Waals surface area contributed by atoms with Crippen LogP contribution in [0.2, 0.25) is 0 Å². The van der Waals surface area contributed by atoms with E-state index in [0.29, 0.717) is 23.2 Å². The standard InChI is InChI=1S/C25H25FN6O5/c1-13(33)16-5-2-14(3-6-16)10-28-24(35)20-9-19(30-22-17(26)12-29-32(20)22)23(34)27-11-15-4-7-21-18(8-15)31-25(36)37-21/h4,7-9,12,14,16H,2-3,5-6,10-11H2,1H3,(H,27,34)(H,28,35)(H,31,36). The van der Waals surface area contributed by atoms with Crippen molar-refractivity contribution in [2.45, 2.75) is 39.2 Å². The first-order chi connectivity index (χ1) is 17.8. The van der Waals surface area contributed by atoms with Crippen LogP contribution in [0.5, 0.6) is 0 Å². The highest BCUT2D eigenvalue weighted by Gasteiger charge is 2.25. The summed E-state index contributed by atoms with van der Waals surface area (Å²) in [7, 11) is 0. The topological polar surface area (TPSA) is 151 Å². The highest BCUT2D eigenvalue weighted by Crippen LogP contribution is 2.29. The molecule has 3 heterocycles. The quantitative estimate of drug-likeness (QED) is 0.347. The average Bonchev–Trinajstić information content (AvgIpc) is 3.46. The maximum atomic E-state index is 14.3. The first-order valence-electron chi connectivity index (χ1n) is 12.0. The number of nitrogens with one attached hydrogen (secondary N) is 3. The third-order valence-electron chi connectivity index (χ3n) is 6.80. The molecule has 0 bridgehead atoms. The number of fused-ring (bicyclic) bond motifs is 2. The number of Topliss-reactive ketones (excluding diaryl/α,β-unsaturated/α-hetero) is 1. The SMILES string of the molecule is CC(=O)C1CCC(CNC(=O)c2cc(C(=O)NCc3ccc4oc(=O)[nH]c4c3)nc3c(F)cnn23)CC1. The molecule has 0 saturated heterocycles. The van der Waals surface area contributed by atoms with Crippen LogP contribution in [0.15, 0.2) is 39.7 Å². The number of oxazole rings is 1. The van der Waals surface area contributed by atoms with Crippen molar-refractivity contribution in [3.05, 3.63) is 63.8 Å². The van der Waals surface area contributed by atoms with Gasteiger partial charge < -0.3 is 15.1 Å². The Morgan fingerprint density at radius 2 is 1.92 bits per heavy atom. The second kappa shape index (κ2) is 9.96. The van der Waals surface area contributed by atoms with Gasteiger partial charge in [0.05, 0.1) is 11.7 Å². The Morgan fingerprint density at radius 3 is 2.68 bits per heavy atom. The summed E-state index contributed by atoms with van der Waals surface area (Å²) >= 11 is 0. The molecule has 0 atom stereocenters. The van der Waals surface area contributed by atoms with E-state index in [1.54, 1.807) is 25.1 Å². The van der Waals surface area contributed by atoms with Gasteiger partial charge in [0.2, 0.25) is 0 Å². The number of carbonyl (C=O) groups is 3. The molecule has 4 aromatic rings. The number of H-pyrrole nitrogens is 1. The molecule has 1 fully saturated rings. The van der Waals surface area contributed by atoms with E-state index in [1.165, 1.54) is 6.07 Å². The molecule has 37 heavy (non-hydrogen) atoms. The third kappa shape index (κ3) is 5.13. The van der Waals surface area contributed by atoms with Crippen molar-refractivity contribution < 1.29 is 23.2 Å². The zero-order chi connectivity index (χ0) is 26.1. The predicted molar refractivity (Wildman–Crippen MR) is 129 cm³/mol. The van der Waals surface area contributed by atoms with Crippen molar-refractivity contribution in [3.8, 4) is 0 Å². The highest BCUT2D eigenvalue weighted by atomic mass is 19.1. The molecule has 0 radical (unpaired) electrons. The number of rotatable bonds is 7. The van der Waals surface area contributed by atoms with Crippen molar-refractivity contribution in [1.29, 1.82) is 0 Å². The lowest BCUT2D eigenvalue weighted by Gasteiger charge is -2.27. The summed E-state index contributed by atoms with van der Waals surface area (Å²) in [6.07, 6.45) is 4.20. The molecule has 0 aliphatic heterocycles. The van der Waals surface area contributed by atoms with E-state index in [0.717, 1.165) is 36.4 Å². The van der Waals surface area contributed by atoms with Crippen molar-refractivity contribution in [1.82, 2.24) is 30.2 Å². The number of amides is 2. The summed E-state index contributed by atoms with van der Waals surface area (Å²) < 4.78 is 20.4. The summed E-state index contributed by atoms with van der Waals surface area (Å²) in [5, 5.41) is 9.44. The Bertz CT molecular complexity index is 1560. The molecule has 3 N–H and O–H groups in total. The second-order valence-electron chi connectivity index (χ2n) is 9.32. The zero-order valence-corrected chi connectivity index (χ0v) is 20.0. The summed E-state index contributed by atoms with van der Waals surface area (Å²) in [6.45, 7) is 2.11. The van der Waals surface area contributed by atoms with Crippen molar-refractivity contribution in [2.75, 3.05) is 6.54 Å². The molecule has 1 saturated carbocycles. The van der Waals surface area contributed by atoms with Gasteiger partial charge in [-0.3, -0.25) is 19.4 Å². The Kier molecular flexibility index (Phi) is 6.55. The number of benzene rings is 1. The Hall–Kier alpha value is -4.35. The fourth-order valence-electron chi connectivity index (χ4n) is 4.70. The largest absolute Gasteiger partial charge is 0.417 e. The fourth-order valence-corrected chi connectivity index (χ4v) is 4.70. The predicted octanol–water partition coefficient (Wildman–Crippen LogP) is 2.36. The van der Waals surface area contributed by atoms with Crippen LogP contribution < -0.4 is 16.4 Å². The molecule has 12 heteroatoms. The van der Waals surface area contributed by atoms with Gasteiger partial charge in [-0.05, 0) is 56.2 Å². The van der Waals surface area contributed by atoms with Crippen molar-refractivity contribution >= 4 is 34.3 Å². The molecule has 11 nitrogen and oxygen atoms in total. The van der Waals surface area contributed by atoms with Crippen LogP contribution in [0.4, 0.5) is 4.39 Å². The number of hydrogen-bond acceptors (Lipinski definition) is 7. The monoisotopic (exact) mass is 508 g/mol. The van der Waals surface area contributed by atoms with Gasteiger partial charge in [0.15, 0.2) is 17.0 Å². The van der Waals surface area contributed by atoms with Crippen LogP contribution in [-0.4, -0.2) is 43.7 Å². The normalized spacial score (nSPS) is 17.7. The van der Waals surface area contributed by atoms with Crippen LogP contribution in [0.1, 0.15) is 59.1 Å². The number of aromatic amines is 1. The molecular formula is C25H25FN6O5. The lowest BCUT2D eigenvalue weighted by molar-refractivity contribution is -0.121. The van der Waals surface area contributed by atoms with Gasteiger partial charge in [-0.15, -0.1) is 0 Å². The van der Waals surface area contributed by atoms with Crippen molar-refractivity contribution in [3.63, 3.8) is 0 Å². The van der Waals surface area contributed by atoms with Gasteiger partial charge in [0.1, 0.15) is 17.2 Å². The zero-order valence-electron chi connectivity index (χ0n) is 20.0. The van der Waals surface area contributed by atoms with Gasteiger partial charge in [-0.25, -0.2) is 18.7 Å². The Morgan fingerprint density at radius 1 is 1.14 bits per heavy atom. The summed E-state index contributed by atoms with van der Waals surface area (Å²) in [6, 6.07) is 6.23. The smallest absolute Gasteiger partial charge is 0.408 e. The minimum Gasteiger partial charge on any atom is -0.408 e. The highest BCUT2D eigenvalue weighted by molar-refractivity contribution is 5.98. The first kappa shape index (κ1) is 24.3. The van der Waals surface area contributed by atoms with Crippen LogP contribution in [0, 0.1) is 17.7 Å². The molecular weight excluding hydrogens is 483 g/mol. The van der Waals surface area contributed by atoms with E-state index in [1.807, 2.05) is 0 Å². The number of aromatic nitrogens is 4. The van der Waals surface area contributed by atoms with E-state index in [-0.39, 0.29) is 41.2 Å². The summed E-state index contributed by atoms with van der Waals surface area (Å²) in [4.78, 5) is 55.4. The first-order valence-corrected chi connectivity index (χ1v) is 12.0. The average molecular weight is 509 g/mol. The van der Waals surface area contributed by atoms with Gasteiger partial charge in [0.25, 0.3) is 11.8 Å². The van der Waals surface area contributed by atoms with Crippen LogP contribution in [0.3, 0.4) is 0 Å². The van der Waals surface area contributed by atoms with Gasteiger partial charge in [-0.1, -0.05) is 6.07 Å². The summed E-state index contributed by atoms with van der Waals surface area (Å²) in [5.41, 5.74) is 1.17. The fraction of sp³-hybridized carbons (Fsp3) is 0.360. The van der Waals surface area contributed by atoms with E-state index in [2.05, 4.69) is 25.7 Å². The molecule has 5 rings (SSSR count). The molecule has 1 aliphatic rings. The van der Waals surface area contributed by atoms with Crippen molar-refractivity contribution in [2.24, 2.45) is 11.8 Å². The maximum absolute atomic E-state index is 14.3. The Labute approximate surface area is 209 Å². The molecule has 192 valence electrons. The number of nitrogens with zero attached hydrogens (tertiary/aromatic N) is 3. The van der Waals surface area contributed by atoms with Gasteiger partial charge >= 0.3 is 5.76 Å². The number of halogens is 1. The molecule has 2 amide bonds. The molecule has 1 aromatic carbocycles. The number of ketones is 1. The second-order valence-corrected chi connectivity index (χ2v) is 9.32. The lowest BCUT2D eigenvalue weighted by Crippen LogP contribution is -2.34. The van der Waals surface area contributed by atoms with Crippen LogP contribution in [0.25, 0.3) is 16.7 Å². The molecule has 0 spiro atoms. The van der Waals surface area contributed by atoms with E-state index in [9.17, 15) is 23.6 Å². The number of hydrogen-bond donors (Lipinski definition) is 3. The maximum Gasteiger partial charge on any atom is 0.417 e. The van der Waals surface area contributed by atoms with E-state index in [4.69, 9.17) is 4.42 Å². The molecule has 3 aromatic heterocycles.